The zero-order chi connectivity index (χ0) is 17.2. The first-order valence-electron chi connectivity index (χ1n) is 7.07. The van der Waals surface area contributed by atoms with E-state index >= 15 is 0 Å². The SMILES string of the molecule is COc1ccc(N(C)[C@H]2CCN(CC(F)(F)F)C2=O)cc1OC. The third-order valence-electron chi connectivity index (χ3n) is 3.88. The lowest BCUT2D eigenvalue weighted by Crippen LogP contribution is -2.42. The van der Waals surface area contributed by atoms with Crippen LogP contribution in [0.4, 0.5) is 18.9 Å². The summed E-state index contributed by atoms with van der Waals surface area (Å²) in [5, 5.41) is 0. The van der Waals surface area contributed by atoms with Crippen molar-refractivity contribution in [3.8, 4) is 11.5 Å². The highest BCUT2D eigenvalue weighted by atomic mass is 19.4. The lowest BCUT2D eigenvalue weighted by atomic mass is 10.2. The maximum absolute atomic E-state index is 12.5. The predicted molar refractivity (Wildman–Crippen MR) is 79.0 cm³/mol. The number of carbonyl (C=O) groups is 1. The number of ether oxygens (including phenoxy) is 2. The molecule has 0 aliphatic carbocycles. The molecule has 0 unspecified atom stereocenters. The number of halogens is 3. The molecule has 1 saturated heterocycles. The lowest BCUT2D eigenvalue weighted by Gasteiger charge is -2.26. The van der Waals surface area contributed by atoms with Gasteiger partial charge >= 0.3 is 6.18 Å². The number of carbonyl (C=O) groups excluding carboxylic acids is 1. The molecule has 0 aromatic heterocycles. The van der Waals surface area contributed by atoms with E-state index in [9.17, 15) is 18.0 Å². The molecule has 0 N–H and O–H groups in total. The van der Waals surface area contributed by atoms with Gasteiger partial charge in [-0.1, -0.05) is 0 Å². The zero-order valence-corrected chi connectivity index (χ0v) is 13.2. The van der Waals surface area contributed by atoms with Crippen molar-refractivity contribution in [3.63, 3.8) is 0 Å². The van der Waals surface area contributed by atoms with Crippen LogP contribution in [0.3, 0.4) is 0 Å². The number of likely N-dealkylation sites (N-methyl/N-ethyl adjacent to an activating group) is 1. The van der Waals surface area contributed by atoms with Crippen LogP contribution in [-0.4, -0.2) is 57.4 Å². The fourth-order valence-electron chi connectivity index (χ4n) is 2.68. The minimum Gasteiger partial charge on any atom is -0.493 e. The molecule has 0 spiro atoms. The second-order valence-electron chi connectivity index (χ2n) is 5.33. The van der Waals surface area contributed by atoms with Gasteiger partial charge in [-0.05, 0) is 18.6 Å². The number of methoxy groups -OCH3 is 2. The monoisotopic (exact) mass is 332 g/mol. The minimum absolute atomic E-state index is 0.0979. The third-order valence-corrected chi connectivity index (χ3v) is 3.88. The van der Waals surface area contributed by atoms with Gasteiger partial charge in [-0.15, -0.1) is 0 Å². The number of hydrogen-bond donors (Lipinski definition) is 0. The second-order valence-corrected chi connectivity index (χ2v) is 5.33. The summed E-state index contributed by atoms with van der Waals surface area (Å²) in [6.07, 6.45) is -4.04. The van der Waals surface area contributed by atoms with Crippen molar-refractivity contribution in [2.45, 2.75) is 18.6 Å². The van der Waals surface area contributed by atoms with Crippen molar-refractivity contribution in [1.29, 1.82) is 0 Å². The second kappa shape index (κ2) is 6.55. The fraction of sp³-hybridized carbons (Fsp3) is 0.533. The van der Waals surface area contributed by atoms with E-state index in [4.69, 9.17) is 9.47 Å². The standard InChI is InChI=1S/C15H19F3N2O3/c1-19(10-4-5-12(22-2)13(8-10)23-3)11-6-7-20(14(11)21)9-15(16,17)18/h4-5,8,11H,6-7,9H2,1-3H3/t11-/m0/s1. The number of rotatable bonds is 5. The first-order valence-corrected chi connectivity index (χ1v) is 7.07. The number of anilines is 1. The van der Waals surface area contributed by atoms with Crippen molar-refractivity contribution < 1.29 is 27.4 Å². The Balaban J connectivity index is 2.15. The number of hydrogen-bond acceptors (Lipinski definition) is 4. The fourth-order valence-corrected chi connectivity index (χ4v) is 2.68. The van der Waals surface area contributed by atoms with E-state index in [0.717, 1.165) is 4.90 Å². The van der Waals surface area contributed by atoms with Crippen molar-refractivity contribution in [2.24, 2.45) is 0 Å². The molecule has 0 saturated carbocycles. The van der Waals surface area contributed by atoms with E-state index in [1.54, 1.807) is 30.1 Å². The van der Waals surface area contributed by atoms with Crippen LogP contribution >= 0.6 is 0 Å². The first kappa shape index (κ1) is 17.2. The zero-order valence-electron chi connectivity index (χ0n) is 13.2. The van der Waals surface area contributed by atoms with Gasteiger partial charge in [0.25, 0.3) is 0 Å². The number of likely N-dealkylation sites (tertiary alicyclic amines) is 1. The Bertz CT molecular complexity index is 578. The quantitative estimate of drug-likeness (QED) is 0.830. The Labute approximate surface area is 132 Å². The summed E-state index contributed by atoms with van der Waals surface area (Å²) in [6, 6.07) is 4.51. The van der Waals surface area contributed by atoms with Gasteiger partial charge in [-0.25, -0.2) is 0 Å². The van der Waals surface area contributed by atoms with E-state index in [0.29, 0.717) is 23.6 Å². The molecule has 23 heavy (non-hydrogen) atoms. The summed E-state index contributed by atoms with van der Waals surface area (Å²) in [7, 11) is 4.69. The molecule has 128 valence electrons. The number of nitrogens with zero attached hydrogens (tertiary/aromatic N) is 2. The van der Waals surface area contributed by atoms with Crippen molar-refractivity contribution >= 4 is 11.6 Å². The van der Waals surface area contributed by atoms with Crippen molar-refractivity contribution in [1.82, 2.24) is 4.90 Å². The van der Waals surface area contributed by atoms with Gasteiger partial charge in [0, 0.05) is 25.3 Å². The molecule has 2 rings (SSSR count). The molecule has 1 aliphatic heterocycles. The van der Waals surface area contributed by atoms with Crippen LogP contribution in [0.15, 0.2) is 18.2 Å². The van der Waals surface area contributed by atoms with Crippen LogP contribution < -0.4 is 14.4 Å². The largest absolute Gasteiger partial charge is 0.493 e. The lowest BCUT2D eigenvalue weighted by molar-refractivity contribution is -0.157. The number of benzene rings is 1. The maximum atomic E-state index is 12.5. The average molecular weight is 332 g/mol. The highest BCUT2D eigenvalue weighted by molar-refractivity contribution is 5.87. The van der Waals surface area contributed by atoms with Gasteiger partial charge in [0.15, 0.2) is 11.5 Å². The Morgan fingerprint density at radius 1 is 1.26 bits per heavy atom. The Morgan fingerprint density at radius 2 is 1.91 bits per heavy atom. The third kappa shape index (κ3) is 3.80. The molecule has 0 bridgehead atoms. The first-order chi connectivity index (χ1) is 10.8. The topological polar surface area (TPSA) is 42.0 Å². The summed E-state index contributed by atoms with van der Waals surface area (Å²) in [4.78, 5) is 14.7. The van der Waals surface area contributed by atoms with Crippen molar-refractivity contribution in [3.05, 3.63) is 18.2 Å². The van der Waals surface area contributed by atoms with Crippen LogP contribution in [0.2, 0.25) is 0 Å². The van der Waals surface area contributed by atoms with Crippen LogP contribution in [0, 0.1) is 0 Å². The van der Waals surface area contributed by atoms with E-state index in [1.807, 2.05) is 0 Å². The molecule has 1 amide bonds. The van der Waals surface area contributed by atoms with Gasteiger partial charge in [-0.3, -0.25) is 4.79 Å². The maximum Gasteiger partial charge on any atom is 0.406 e. The van der Waals surface area contributed by atoms with Crippen LogP contribution in [-0.2, 0) is 4.79 Å². The molecule has 1 aromatic rings. The Hall–Kier alpha value is -2.12. The molecule has 1 aromatic carbocycles. The normalized spacial score (nSPS) is 18.3. The highest BCUT2D eigenvalue weighted by Gasteiger charge is 2.40. The smallest absolute Gasteiger partial charge is 0.406 e. The molecule has 1 atom stereocenters. The van der Waals surface area contributed by atoms with E-state index in [1.165, 1.54) is 14.2 Å². The molecule has 5 nitrogen and oxygen atoms in total. The van der Waals surface area contributed by atoms with E-state index in [2.05, 4.69) is 0 Å². The van der Waals surface area contributed by atoms with Gasteiger partial charge in [-0.2, -0.15) is 13.2 Å². The molecule has 1 heterocycles. The van der Waals surface area contributed by atoms with Gasteiger partial charge in [0.05, 0.1) is 14.2 Å². The van der Waals surface area contributed by atoms with Crippen molar-refractivity contribution in [2.75, 3.05) is 39.3 Å². The molecule has 8 heteroatoms. The summed E-state index contributed by atoms with van der Waals surface area (Å²) < 4.78 is 47.8. The Kier molecular flexibility index (Phi) is 4.91. The minimum atomic E-state index is -4.38. The number of amides is 1. The van der Waals surface area contributed by atoms with E-state index < -0.39 is 24.7 Å². The van der Waals surface area contributed by atoms with Crippen LogP contribution in [0.5, 0.6) is 11.5 Å². The van der Waals surface area contributed by atoms with Gasteiger partial charge in [0.1, 0.15) is 12.6 Å². The molecular weight excluding hydrogens is 313 g/mol. The number of alkyl halides is 3. The summed E-state index contributed by atoms with van der Waals surface area (Å²) in [5.41, 5.74) is 0.676. The highest BCUT2D eigenvalue weighted by Crippen LogP contribution is 2.33. The average Bonchev–Trinajstić information content (AvgIpc) is 2.85. The summed E-state index contributed by atoms with van der Waals surface area (Å²) in [5.74, 6) is 0.523. The van der Waals surface area contributed by atoms with Gasteiger partial charge < -0.3 is 19.3 Å². The summed E-state index contributed by atoms with van der Waals surface area (Å²) in [6.45, 7) is -1.11. The van der Waals surface area contributed by atoms with Gasteiger partial charge in [0.2, 0.25) is 5.91 Å². The molecule has 1 aliphatic rings. The molecular formula is C15H19F3N2O3. The van der Waals surface area contributed by atoms with Crippen LogP contribution in [0.1, 0.15) is 6.42 Å². The Morgan fingerprint density at radius 3 is 2.48 bits per heavy atom. The molecule has 0 radical (unpaired) electrons. The summed E-state index contributed by atoms with van der Waals surface area (Å²) >= 11 is 0. The van der Waals surface area contributed by atoms with E-state index in [-0.39, 0.29) is 6.54 Å². The van der Waals surface area contributed by atoms with Crippen LogP contribution in [0.25, 0.3) is 0 Å². The molecule has 1 fully saturated rings. The predicted octanol–water partition coefficient (Wildman–Crippen LogP) is 2.30.